The van der Waals surface area contributed by atoms with E-state index in [0.29, 0.717) is 5.75 Å². The van der Waals surface area contributed by atoms with E-state index in [2.05, 4.69) is 27.4 Å². The Hall–Kier alpha value is -1.33. The van der Waals surface area contributed by atoms with Gasteiger partial charge in [-0.2, -0.15) is 0 Å². The van der Waals surface area contributed by atoms with Crippen LogP contribution in [0.1, 0.15) is 6.92 Å². The number of amides is 1. The van der Waals surface area contributed by atoms with Crippen LogP contribution >= 0.6 is 15.9 Å². The normalized spacial score (nSPS) is 17.3. The fraction of sp³-hybridized carbons (Fsp3) is 0.438. The molecule has 1 atom stereocenters. The summed E-state index contributed by atoms with van der Waals surface area (Å²) in [5, 5.41) is 0. The van der Waals surface area contributed by atoms with Crippen LogP contribution in [0.5, 0.6) is 5.75 Å². The van der Waals surface area contributed by atoms with Crippen molar-refractivity contribution in [2.75, 3.05) is 32.7 Å². The van der Waals surface area contributed by atoms with Crippen molar-refractivity contribution in [1.82, 2.24) is 9.80 Å². The molecule has 0 spiro atoms. The Labute approximate surface area is 134 Å². The number of carbonyl (C=O) groups excluding carboxylic acids is 1. The minimum Gasteiger partial charge on any atom is -0.481 e. The van der Waals surface area contributed by atoms with Gasteiger partial charge in [0.05, 0.1) is 0 Å². The van der Waals surface area contributed by atoms with Crippen molar-refractivity contribution in [2.24, 2.45) is 0 Å². The van der Waals surface area contributed by atoms with Gasteiger partial charge in [-0.05, 0) is 25.1 Å². The average molecular weight is 353 g/mol. The maximum atomic E-state index is 12.4. The highest BCUT2D eigenvalue weighted by molar-refractivity contribution is 9.10. The summed E-state index contributed by atoms with van der Waals surface area (Å²) in [6, 6.07) is 7.55. The fourth-order valence-corrected chi connectivity index (χ4v) is 2.76. The lowest BCUT2D eigenvalue weighted by Gasteiger charge is -2.35. The van der Waals surface area contributed by atoms with Gasteiger partial charge in [0.25, 0.3) is 5.91 Å². The molecular weight excluding hydrogens is 332 g/mol. The maximum Gasteiger partial charge on any atom is 0.263 e. The molecule has 2 rings (SSSR count). The van der Waals surface area contributed by atoms with Gasteiger partial charge >= 0.3 is 0 Å². The number of carbonyl (C=O) groups is 1. The van der Waals surface area contributed by atoms with Gasteiger partial charge in [-0.15, -0.1) is 6.58 Å². The van der Waals surface area contributed by atoms with E-state index in [9.17, 15) is 4.79 Å². The molecule has 1 aliphatic rings. The monoisotopic (exact) mass is 352 g/mol. The van der Waals surface area contributed by atoms with Crippen LogP contribution in [-0.2, 0) is 4.79 Å². The molecule has 0 radical (unpaired) electrons. The van der Waals surface area contributed by atoms with Crippen molar-refractivity contribution in [2.45, 2.75) is 13.0 Å². The predicted octanol–water partition coefficient (Wildman–Crippen LogP) is 2.55. The summed E-state index contributed by atoms with van der Waals surface area (Å²) in [4.78, 5) is 16.6. The standard InChI is InChI=1S/C16H21BrN2O2/c1-3-7-18-8-10-19(11-9-18)16(20)13(2)21-15-6-4-5-14(17)12-15/h3-6,12-13H,1,7-11H2,2H3/t13-/m1/s1. The topological polar surface area (TPSA) is 32.8 Å². The van der Waals surface area contributed by atoms with Crippen LogP contribution in [0.15, 0.2) is 41.4 Å². The van der Waals surface area contributed by atoms with Crippen LogP contribution in [0.25, 0.3) is 0 Å². The SMILES string of the molecule is C=CCN1CCN(C(=O)[C@@H](C)Oc2cccc(Br)c2)CC1. The Morgan fingerprint density at radius 1 is 1.43 bits per heavy atom. The van der Waals surface area contributed by atoms with E-state index >= 15 is 0 Å². The number of piperazine rings is 1. The van der Waals surface area contributed by atoms with Gasteiger partial charge in [0.2, 0.25) is 0 Å². The van der Waals surface area contributed by atoms with Gasteiger partial charge in [-0.3, -0.25) is 9.69 Å². The molecule has 0 bridgehead atoms. The molecule has 1 aromatic carbocycles. The third-order valence-corrected chi connectivity index (χ3v) is 4.02. The van der Waals surface area contributed by atoms with E-state index in [4.69, 9.17) is 4.74 Å². The summed E-state index contributed by atoms with van der Waals surface area (Å²) in [5.74, 6) is 0.753. The maximum absolute atomic E-state index is 12.4. The molecule has 1 heterocycles. The Bertz CT molecular complexity index is 499. The zero-order valence-electron chi connectivity index (χ0n) is 12.3. The average Bonchev–Trinajstić information content (AvgIpc) is 2.47. The first-order chi connectivity index (χ1) is 10.1. The number of nitrogens with zero attached hydrogens (tertiary/aromatic N) is 2. The minimum atomic E-state index is -0.467. The highest BCUT2D eigenvalue weighted by Crippen LogP contribution is 2.19. The molecule has 1 fully saturated rings. The summed E-state index contributed by atoms with van der Waals surface area (Å²) in [5.41, 5.74) is 0. The van der Waals surface area contributed by atoms with Crippen molar-refractivity contribution >= 4 is 21.8 Å². The van der Waals surface area contributed by atoms with Crippen molar-refractivity contribution in [3.05, 3.63) is 41.4 Å². The molecule has 1 aromatic rings. The zero-order valence-corrected chi connectivity index (χ0v) is 13.9. The van der Waals surface area contributed by atoms with Gasteiger partial charge in [-0.1, -0.05) is 28.1 Å². The zero-order chi connectivity index (χ0) is 15.2. The van der Waals surface area contributed by atoms with Gasteiger partial charge in [0.1, 0.15) is 5.75 Å². The molecule has 1 aliphatic heterocycles. The van der Waals surface area contributed by atoms with Gasteiger partial charge < -0.3 is 9.64 Å². The molecule has 21 heavy (non-hydrogen) atoms. The number of benzene rings is 1. The molecule has 0 unspecified atom stereocenters. The van der Waals surface area contributed by atoms with Crippen LogP contribution < -0.4 is 4.74 Å². The lowest BCUT2D eigenvalue weighted by Crippen LogP contribution is -2.51. The summed E-state index contributed by atoms with van der Waals surface area (Å²) in [6.07, 6.45) is 1.43. The van der Waals surface area contributed by atoms with Gasteiger partial charge in [0.15, 0.2) is 6.10 Å². The summed E-state index contributed by atoms with van der Waals surface area (Å²) < 4.78 is 6.68. The molecule has 0 saturated carbocycles. The number of hydrogen-bond acceptors (Lipinski definition) is 3. The largest absolute Gasteiger partial charge is 0.481 e. The number of hydrogen-bond donors (Lipinski definition) is 0. The van der Waals surface area contributed by atoms with Crippen LogP contribution in [-0.4, -0.2) is 54.5 Å². The van der Waals surface area contributed by atoms with E-state index in [0.717, 1.165) is 37.2 Å². The fourth-order valence-electron chi connectivity index (χ4n) is 2.39. The smallest absolute Gasteiger partial charge is 0.263 e. The first kappa shape index (κ1) is 16.0. The Morgan fingerprint density at radius 3 is 2.76 bits per heavy atom. The summed E-state index contributed by atoms with van der Waals surface area (Å²) >= 11 is 3.40. The lowest BCUT2D eigenvalue weighted by atomic mass is 10.2. The van der Waals surface area contributed by atoms with E-state index in [1.807, 2.05) is 35.2 Å². The molecule has 1 amide bonds. The first-order valence-electron chi connectivity index (χ1n) is 7.14. The van der Waals surface area contributed by atoms with Crippen LogP contribution in [0.4, 0.5) is 0 Å². The third kappa shape index (κ3) is 4.58. The highest BCUT2D eigenvalue weighted by Gasteiger charge is 2.25. The Kier molecular flexibility index (Phi) is 5.82. The quantitative estimate of drug-likeness (QED) is 0.763. The molecular formula is C16H21BrN2O2. The van der Waals surface area contributed by atoms with E-state index in [1.165, 1.54) is 0 Å². The molecule has 0 N–H and O–H groups in total. The van der Waals surface area contributed by atoms with Crippen LogP contribution in [0.3, 0.4) is 0 Å². The van der Waals surface area contributed by atoms with Crippen LogP contribution in [0, 0.1) is 0 Å². The Morgan fingerprint density at radius 2 is 2.14 bits per heavy atom. The Balaban J connectivity index is 1.87. The second kappa shape index (κ2) is 7.61. The lowest BCUT2D eigenvalue weighted by molar-refractivity contribution is -0.139. The number of ether oxygens (including phenoxy) is 1. The predicted molar refractivity (Wildman–Crippen MR) is 87.4 cm³/mol. The van der Waals surface area contributed by atoms with E-state index in [-0.39, 0.29) is 5.91 Å². The van der Waals surface area contributed by atoms with Crippen molar-refractivity contribution < 1.29 is 9.53 Å². The molecule has 0 aromatic heterocycles. The molecule has 5 heteroatoms. The summed E-state index contributed by atoms with van der Waals surface area (Å²) in [6.45, 7) is 9.71. The first-order valence-corrected chi connectivity index (χ1v) is 7.93. The van der Waals surface area contributed by atoms with Gasteiger partial charge in [0, 0.05) is 37.2 Å². The second-order valence-electron chi connectivity index (χ2n) is 5.13. The summed E-state index contributed by atoms with van der Waals surface area (Å²) in [7, 11) is 0. The molecule has 1 saturated heterocycles. The second-order valence-corrected chi connectivity index (χ2v) is 6.05. The number of halogens is 1. The third-order valence-electron chi connectivity index (χ3n) is 3.53. The minimum absolute atomic E-state index is 0.0493. The number of rotatable bonds is 5. The van der Waals surface area contributed by atoms with E-state index in [1.54, 1.807) is 6.92 Å². The molecule has 114 valence electrons. The van der Waals surface area contributed by atoms with Crippen LogP contribution in [0.2, 0.25) is 0 Å². The van der Waals surface area contributed by atoms with Crippen molar-refractivity contribution in [3.8, 4) is 5.75 Å². The molecule has 0 aliphatic carbocycles. The highest BCUT2D eigenvalue weighted by atomic mass is 79.9. The van der Waals surface area contributed by atoms with E-state index < -0.39 is 6.10 Å². The van der Waals surface area contributed by atoms with Gasteiger partial charge in [-0.25, -0.2) is 0 Å². The van der Waals surface area contributed by atoms with Crippen molar-refractivity contribution in [1.29, 1.82) is 0 Å². The molecule has 4 nitrogen and oxygen atoms in total. The van der Waals surface area contributed by atoms with Crippen molar-refractivity contribution in [3.63, 3.8) is 0 Å².